The van der Waals surface area contributed by atoms with Crippen LogP contribution in [0.15, 0.2) is 39.4 Å². The quantitative estimate of drug-likeness (QED) is 0.842. The van der Waals surface area contributed by atoms with Crippen molar-refractivity contribution in [3.05, 3.63) is 45.6 Å². The number of rotatable bonds is 2. The summed E-state index contributed by atoms with van der Waals surface area (Å²) in [4.78, 5) is 11.6. The molecule has 0 aliphatic rings. The molecule has 1 heterocycles. The second-order valence-electron chi connectivity index (χ2n) is 3.65. The van der Waals surface area contributed by atoms with E-state index in [2.05, 4.69) is 26.6 Å². The average molecular weight is 330 g/mol. The Morgan fingerprint density at radius 1 is 1.28 bits per heavy atom. The summed E-state index contributed by atoms with van der Waals surface area (Å²) >= 11 is 9.11. The van der Waals surface area contributed by atoms with Crippen molar-refractivity contribution < 1.29 is 9.21 Å². The number of aryl methyl sites for hydroxylation is 1. The Morgan fingerprint density at radius 2 is 2.06 bits per heavy atom. The zero-order chi connectivity index (χ0) is 13.1. The molecule has 18 heavy (non-hydrogen) atoms. The third kappa shape index (κ3) is 3.27. The fourth-order valence-corrected chi connectivity index (χ4v) is 1.81. The minimum atomic E-state index is -0.392. The van der Waals surface area contributed by atoms with Crippen molar-refractivity contribution in [2.24, 2.45) is 0 Å². The van der Waals surface area contributed by atoms with Crippen molar-refractivity contribution in [3.8, 4) is 0 Å². The van der Waals surface area contributed by atoms with Gasteiger partial charge in [-0.2, -0.15) is 0 Å². The van der Waals surface area contributed by atoms with Crippen LogP contribution in [-0.2, 0) is 0 Å². The van der Waals surface area contributed by atoms with E-state index in [0.29, 0.717) is 21.3 Å². The number of benzene rings is 1. The molecule has 0 bridgehead atoms. The van der Waals surface area contributed by atoms with Gasteiger partial charge in [-0.15, -0.1) is 0 Å². The Morgan fingerprint density at radius 3 is 2.67 bits per heavy atom. The number of carbonyl (C=O) groups excluding carboxylic acids is 1. The monoisotopic (exact) mass is 328 g/mol. The highest BCUT2D eigenvalue weighted by molar-refractivity contribution is 9.10. The van der Waals surface area contributed by atoms with Gasteiger partial charge in [0.15, 0.2) is 4.67 Å². The highest BCUT2D eigenvalue weighted by atomic mass is 79.9. The van der Waals surface area contributed by atoms with Gasteiger partial charge in [-0.25, -0.2) is 4.79 Å². The minimum Gasteiger partial charge on any atom is -0.434 e. The van der Waals surface area contributed by atoms with Gasteiger partial charge in [0.2, 0.25) is 5.88 Å². The van der Waals surface area contributed by atoms with Gasteiger partial charge in [-0.3, -0.25) is 5.32 Å². The first kappa shape index (κ1) is 13.0. The molecule has 0 fully saturated rings. The van der Waals surface area contributed by atoms with Gasteiger partial charge in [-0.05, 0) is 46.6 Å². The van der Waals surface area contributed by atoms with Gasteiger partial charge in [0.1, 0.15) is 0 Å². The van der Waals surface area contributed by atoms with Crippen LogP contribution in [0.3, 0.4) is 0 Å². The topological polar surface area (TPSA) is 54.3 Å². The van der Waals surface area contributed by atoms with E-state index in [1.807, 2.05) is 13.0 Å². The fourth-order valence-electron chi connectivity index (χ4n) is 1.33. The molecule has 0 unspecified atom stereocenters. The highest BCUT2D eigenvalue weighted by Crippen LogP contribution is 2.21. The highest BCUT2D eigenvalue weighted by Gasteiger charge is 2.06. The normalized spacial score (nSPS) is 10.2. The zero-order valence-electron chi connectivity index (χ0n) is 9.46. The molecule has 0 aliphatic heterocycles. The molecule has 1 aromatic carbocycles. The molecule has 0 radical (unpaired) electrons. The van der Waals surface area contributed by atoms with Crippen LogP contribution in [0, 0.1) is 6.92 Å². The fraction of sp³-hybridized carbons (Fsp3) is 0.0833. The van der Waals surface area contributed by atoms with Crippen LogP contribution in [0.1, 0.15) is 5.56 Å². The van der Waals surface area contributed by atoms with Crippen molar-refractivity contribution in [1.82, 2.24) is 0 Å². The summed E-state index contributed by atoms with van der Waals surface area (Å²) in [6, 6.07) is 8.25. The van der Waals surface area contributed by atoms with E-state index in [9.17, 15) is 4.79 Å². The van der Waals surface area contributed by atoms with Crippen LogP contribution in [0.25, 0.3) is 0 Å². The van der Waals surface area contributed by atoms with Crippen molar-refractivity contribution >= 4 is 45.1 Å². The SMILES string of the molecule is Cc1ccc(NC(=O)Nc2ccc(Br)o2)cc1Cl. The standard InChI is InChI=1S/C12H10BrClN2O2/c1-7-2-3-8(6-9(7)14)15-12(17)16-11-5-4-10(13)18-11/h2-6H,1H3,(H2,15,16,17). The molecule has 2 N–H and O–H groups in total. The van der Waals surface area contributed by atoms with E-state index in [0.717, 1.165) is 5.56 Å². The summed E-state index contributed by atoms with van der Waals surface area (Å²) in [5.74, 6) is 0.359. The third-order valence-corrected chi connectivity index (χ3v) is 3.07. The number of halogens is 2. The number of amides is 2. The predicted molar refractivity (Wildman–Crippen MR) is 75.2 cm³/mol. The van der Waals surface area contributed by atoms with Crippen LogP contribution in [0.4, 0.5) is 16.4 Å². The van der Waals surface area contributed by atoms with Gasteiger partial charge in [0.05, 0.1) is 0 Å². The summed E-state index contributed by atoms with van der Waals surface area (Å²) in [6.07, 6.45) is 0. The number of carbonyl (C=O) groups is 1. The molecule has 2 aromatic rings. The molecule has 0 aliphatic carbocycles. The lowest BCUT2D eigenvalue weighted by Crippen LogP contribution is -2.18. The maximum atomic E-state index is 11.6. The van der Waals surface area contributed by atoms with E-state index in [4.69, 9.17) is 16.0 Å². The van der Waals surface area contributed by atoms with E-state index in [1.165, 1.54) is 0 Å². The van der Waals surface area contributed by atoms with E-state index in [-0.39, 0.29) is 0 Å². The molecule has 0 atom stereocenters. The lowest BCUT2D eigenvalue weighted by atomic mass is 10.2. The Balaban J connectivity index is 2.00. The lowest BCUT2D eigenvalue weighted by molar-refractivity contribution is 0.261. The van der Waals surface area contributed by atoms with Crippen molar-refractivity contribution in [3.63, 3.8) is 0 Å². The van der Waals surface area contributed by atoms with Gasteiger partial charge < -0.3 is 9.73 Å². The molecule has 6 heteroatoms. The molecule has 0 saturated carbocycles. The number of hydrogen-bond acceptors (Lipinski definition) is 2. The molecule has 4 nitrogen and oxygen atoms in total. The first-order chi connectivity index (χ1) is 8.54. The molecule has 2 rings (SSSR count). The molecule has 94 valence electrons. The summed E-state index contributed by atoms with van der Waals surface area (Å²) in [5.41, 5.74) is 1.58. The summed E-state index contributed by atoms with van der Waals surface area (Å²) in [5, 5.41) is 5.82. The number of hydrogen-bond donors (Lipinski definition) is 2. The molecular weight excluding hydrogens is 320 g/mol. The van der Waals surface area contributed by atoms with Crippen molar-refractivity contribution in [1.29, 1.82) is 0 Å². The van der Waals surface area contributed by atoms with Crippen LogP contribution in [-0.4, -0.2) is 6.03 Å². The van der Waals surface area contributed by atoms with Crippen LogP contribution >= 0.6 is 27.5 Å². The van der Waals surface area contributed by atoms with E-state index >= 15 is 0 Å². The van der Waals surface area contributed by atoms with Crippen LogP contribution in [0.2, 0.25) is 5.02 Å². The van der Waals surface area contributed by atoms with Crippen molar-refractivity contribution in [2.75, 3.05) is 10.6 Å². The Kier molecular flexibility index (Phi) is 3.93. The summed E-state index contributed by atoms with van der Waals surface area (Å²) < 4.78 is 5.71. The van der Waals surface area contributed by atoms with Crippen molar-refractivity contribution in [2.45, 2.75) is 6.92 Å². The molecule has 0 spiro atoms. The number of anilines is 2. The maximum absolute atomic E-state index is 11.6. The zero-order valence-corrected chi connectivity index (χ0v) is 11.8. The summed E-state index contributed by atoms with van der Waals surface area (Å²) in [7, 11) is 0. The second-order valence-corrected chi connectivity index (χ2v) is 4.84. The van der Waals surface area contributed by atoms with Gasteiger partial charge in [0.25, 0.3) is 0 Å². The number of furan rings is 1. The second kappa shape index (κ2) is 5.46. The summed E-state index contributed by atoms with van der Waals surface area (Å²) in [6.45, 7) is 1.90. The maximum Gasteiger partial charge on any atom is 0.326 e. The first-order valence-corrected chi connectivity index (χ1v) is 6.31. The Labute approximate surface area is 117 Å². The van der Waals surface area contributed by atoms with Crippen LogP contribution in [0.5, 0.6) is 0 Å². The minimum absolute atomic E-state index is 0.359. The number of urea groups is 1. The predicted octanol–water partition coefficient (Wildman–Crippen LogP) is 4.65. The third-order valence-electron chi connectivity index (χ3n) is 2.24. The largest absolute Gasteiger partial charge is 0.434 e. The molecule has 1 aromatic heterocycles. The molecule has 0 saturated heterocycles. The van der Waals surface area contributed by atoms with E-state index < -0.39 is 6.03 Å². The van der Waals surface area contributed by atoms with Crippen LogP contribution < -0.4 is 10.6 Å². The molecule has 2 amide bonds. The Bertz CT molecular complexity index is 583. The van der Waals surface area contributed by atoms with Gasteiger partial charge in [0, 0.05) is 16.8 Å². The van der Waals surface area contributed by atoms with Gasteiger partial charge >= 0.3 is 6.03 Å². The Hall–Kier alpha value is -1.46. The first-order valence-electron chi connectivity index (χ1n) is 5.14. The lowest BCUT2D eigenvalue weighted by Gasteiger charge is -2.06. The van der Waals surface area contributed by atoms with E-state index in [1.54, 1.807) is 24.3 Å². The number of nitrogens with one attached hydrogen (secondary N) is 2. The molecular formula is C12H10BrClN2O2. The average Bonchev–Trinajstić information content (AvgIpc) is 2.69. The van der Waals surface area contributed by atoms with Gasteiger partial charge in [-0.1, -0.05) is 17.7 Å². The smallest absolute Gasteiger partial charge is 0.326 e.